The summed E-state index contributed by atoms with van der Waals surface area (Å²) in [5.74, 6) is 0. The van der Waals surface area contributed by atoms with Crippen LogP contribution in [0.2, 0.25) is 5.02 Å². The zero-order chi connectivity index (χ0) is 8.97. The van der Waals surface area contributed by atoms with Gasteiger partial charge in [0.25, 0.3) is 0 Å². The summed E-state index contributed by atoms with van der Waals surface area (Å²) in [4.78, 5) is 2.66. The van der Waals surface area contributed by atoms with Crippen LogP contribution in [0.4, 0.5) is 0 Å². The lowest BCUT2D eigenvalue weighted by molar-refractivity contribution is 1.05. The minimum Gasteiger partial charge on any atom is -0.0893 e. The molecular weight excluding hydrogens is 288 g/mol. The third kappa shape index (κ3) is 2.55. The summed E-state index contributed by atoms with van der Waals surface area (Å²) < 4.78 is 0.999. The molecule has 1 aromatic carbocycles. The summed E-state index contributed by atoms with van der Waals surface area (Å²) in [6.45, 7) is 0.354. The van der Waals surface area contributed by atoms with Crippen LogP contribution in [0, 0.1) is 3.57 Å². The SMILES string of the molecule is [N-]=[N+]=NCc1ccc(I)c(Cl)c1. The molecule has 0 aliphatic rings. The zero-order valence-corrected chi connectivity index (χ0v) is 8.95. The van der Waals surface area contributed by atoms with Crippen molar-refractivity contribution in [2.24, 2.45) is 5.11 Å². The molecule has 0 aromatic heterocycles. The third-order valence-corrected chi connectivity index (χ3v) is 2.87. The Morgan fingerprint density at radius 3 is 2.92 bits per heavy atom. The van der Waals surface area contributed by atoms with Gasteiger partial charge in [0.15, 0.2) is 0 Å². The Morgan fingerprint density at radius 1 is 1.58 bits per heavy atom. The van der Waals surface area contributed by atoms with Gasteiger partial charge in [-0.25, -0.2) is 0 Å². The molecule has 5 heteroatoms. The van der Waals surface area contributed by atoms with E-state index < -0.39 is 0 Å². The van der Waals surface area contributed by atoms with Crippen molar-refractivity contribution in [1.82, 2.24) is 0 Å². The van der Waals surface area contributed by atoms with Crippen LogP contribution in [0.5, 0.6) is 0 Å². The molecule has 0 spiro atoms. The molecule has 0 radical (unpaired) electrons. The number of hydrogen-bond donors (Lipinski definition) is 0. The van der Waals surface area contributed by atoms with E-state index in [9.17, 15) is 0 Å². The van der Waals surface area contributed by atoms with Crippen molar-refractivity contribution in [1.29, 1.82) is 0 Å². The molecule has 1 aromatic rings. The molecule has 0 aliphatic carbocycles. The first-order valence-corrected chi connectivity index (χ1v) is 4.64. The first kappa shape index (κ1) is 9.64. The van der Waals surface area contributed by atoms with Crippen molar-refractivity contribution in [2.75, 3.05) is 0 Å². The lowest BCUT2D eigenvalue weighted by atomic mass is 10.2. The minimum atomic E-state index is 0.354. The predicted molar refractivity (Wildman–Crippen MR) is 57.0 cm³/mol. The standard InChI is InChI=1S/C7H5ClIN3/c8-6-3-5(4-11-12-10)1-2-7(6)9/h1-3H,4H2. The van der Waals surface area contributed by atoms with Gasteiger partial charge in [-0.2, -0.15) is 0 Å². The molecule has 0 heterocycles. The van der Waals surface area contributed by atoms with E-state index in [1.165, 1.54) is 0 Å². The Labute approximate surface area is 88.5 Å². The first-order valence-electron chi connectivity index (χ1n) is 3.19. The fraction of sp³-hybridized carbons (Fsp3) is 0.143. The van der Waals surface area contributed by atoms with Gasteiger partial charge in [0.1, 0.15) is 0 Å². The monoisotopic (exact) mass is 293 g/mol. The van der Waals surface area contributed by atoms with E-state index in [2.05, 4.69) is 32.6 Å². The summed E-state index contributed by atoms with van der Waals surface area (Å²) in [7, 11) is 0. The summed E-state index contributed by atoms with van der Waals surface area (Å²) in [6, 6.07) is 5.59. The summed E-state index contributed by atoms with van der Waals surface area (Å²) in [5.41, 5.74) is 9.00. The zero-order valence-electron chi connectivity index (χ0n) is 6.04. The molecule has 0 saturated heterocycles. The fourth-order valence-electron chi connectivity index (χ4n) is 0.751. The molecule has 0 N–H and O–H groups in total. The first-order chi connectivity index (χ1) is 5.74. The Morgan fingerprint density at radius 2 is 2.33 bits per heavy atom. The van der Waals surface area contributed by atoms with E-state index in [4.69, 9.17) is 17.1 Å². The van der Waals surface area contributed by atoms with Crippen LogP contribution in [0.3, 0.4) is 0 Å². The highest BCUT2D eigenvalue weighted by atomic mass is 127. The topological polar surface area (TPSA) is 48.8 Å². The second kappa shape index (κ2) is 4.54. The lowest BCUT2D eigenvalue weighted by Crippen LogP contribution is -1.81. The lowest BCUT2D eigenvalue weighted by Gasteiger charge is -1.98. The maximum absolute atomic E-state index is 8.08. The van der Waals surface area contributed by atoms with Crippen molar-refractivity contribution in [3.63, 3.8) is 0 Å². The van der Waals surface area contributed by atoms with Gasteiger partial charge in [0.2, 0.25) is 0 Å². The summed E-state index contributed by atoms with van der Waals surface area (Å²) in [5, 5.41) is 4.13. The molecule has 1 rings (SSSR count). The molecule has 62 valence electrons. The van der Waals surface area contributed by atoms with Crippen LogP contribution in [-0.2, 0) is 6.54 Å². The largest absolute Gasteiger partial charge is 0.0893 e. The van der Waals surface area contributed by atoms with Crippen molar-refractivity contribution >= 4 is 34.2 Å². The quantitative estimate of drug-likeness (QED) is 0.345. The van der Waals surface area contributed by atoms with Gasteiger partial charge in [-0.3, -0.25) is 0 Å². The molecule has 0 aliphatic heterocycles. The van der Waals surface area contributed by atoms with E-state index in [0.717, 1.165) is 9.13 Å². The maximum atomic E-state index is 8.08. The molecule has 0 atom stereocenters. The van der Waals surface area contributed by atoms with Gasteiger partial charge >= 0.3 is 0 Å². The number of azide groups is 1. The fourth-order valence-corrected chi connectivity index (χ4v) is 1.29. The number of benzene rings is 1. The summed E-state index contributed by atoms with van der Waals surface area (Å²) in [6.07, 6.45) is 0. The smallest absolute Gasteiger partial charge is 0.0542 e. The second-order valence-electron chi connectivity index (χ2n) is 2.14. The molecule has 0 unspecified atom stereocenters. The molecular formula is C7H5ClIN3. The van der Waals surface area contributed by atoms with Gasteiger partial charge in [0.05, 0.1) is 11.6 Å². The van der Waals surface area contributed by atoms with Crippen LogP contribution in [0.15, 0.2) is 23.3 Å². The van der Waals surface area contributed by atoms with Gasteiger partial charge in [0, 0.05) is 8.48 Å². The maximum Gasteiger partial charge on any atom is 0.0542 e. The van der Waals surface area contributed by atoms with Crippen LogP contribution >= 0.6 is 34.2 Å². The normalized spacial score (nSPS) is 9.17. The molecule has 0 bridgehead atoms. The Hall–Kier alpha value is -0.450. The Kier molecular flexibility index (Phi) is 3.65. The predicted octanol–water partition coefficient (Wildman–Crippen LogP) is 3.75. The second-order valence-corrected chi connectivity index (χ2v) is 3.71. The number of rotatable bonds is 2. The molecule has 0 fully saturated rings. The minimum absolute atomic E-state index is 0.354. The number of halogens is 2. The van der Waals surface area contributed by atoms with Crippen molar-refractivity contribution in [3.05, 3.63) is 42.8 Å². The Bertz CT molecular complexity index is 333. The highest BCUT2D eigenvalue weighted by molar-refractivity contribution is 14.1. The average molecular weight is 293 g/mol. The van der Waals surface area contributed by atoms with E-state index >= 15 is 0 Å². The Balaban J connectivity index is 2.89. The number of hydrogen-bond acceptors (Lipinski definition) is 1. The highest BCUT2D eigenvalue weighted by Crippen LogP contribution is 2.19. The van der Waals surface area contributed by atoms with Crippen molar-refractivity contribution in [2.45, 2.75) is 6.54 Å². The van der Waals surface area contributed by atoms with Crippen LogP contribution in [0.25, 0.3) is 10.4 Å². The third-order valence-electron chi connectivity index (χ3n) is 1.30. The molecule has 12 heavy (non-hydrogen) atoms. The highest BCUT2D eigenvalue weighted by Gasteiger charge is 1.96. The molecule has 3 nitrogen and oxygen atoms in total. The van der Waals surface area contributed by atoms with Crippen molar-refractivity contribution < 1.29 is 0 Å². The van der Waals surface area contributed by atoms with E-state index in [1.807, 2.05) is 12.1 Å². The van der Waals surface area contributed by atoms with Gasteiger partial charge in [-0.15, -0.1) is 0 Å². The van der Waals surface area contributed by atoms with Crippen LogP contribution < -0.4 is 0 Å². The van der Waals surface area contributed by atoms with Gasteiger partial charge < -0.3 is 0 Å². The van der Waals surface area contributed by atoms with Crippen LogP contribution in [-0.4, -0.2) is 0 Å². The summed E-state index contributed by atoms with van der Waals surface area (Å²) >= 11 is 7.99. The van der Waals surface area contributed by atoms with E-state index in [1.54, 1.807) is 6.07 Å². The van der Waals surface area contributed by atoms with Gasteiger partial charge in [-0.05, 0) is 45.8 Å². The average Bonchev–Trinajstić information content (AvgIpc) is 2.07. The molecule has 0 amide bonds. The van der Waals surface area contributed by atoms with E-state index in [0.29, 0.717) is 11.6 Å². The van der Waals surface area contributed by atoms with Gasteiger partial charge in [-0.1, -0.05) is 22.8 Å². The van der Waals surface area contributed by atoms with Crippen LogP contribution in [0.1, 0.15) is 5.56 Å². The van der Waals surface area contributed by atoms with E-state index in [-0.39, 0.29) is 0 Å². The van der Waals surface area contributed by atoms with Crippen molar-refractivity contribution in [3.8, 4) is 0 Å². The molecule has 0 saturated carbocycles. The number of nitrogens with zero attached hydrogens (tertiary/aromatic N) is 3.